The van der Waals surface area contributed by atoms with E-state index in [1.165, 1.54) is 0 Å². The van der Waals surface area contributed by atoms with Crippen LogP contribution in [-0.4, -0.2) is 41.5 Å². The van der Waals surface area contributed by atoms with E-state index in [9.17, 15) is 18.3 Å². The first-order valence-electron chi connectivity index (χ1n) is 6.49. The quantitative estimate of drug-likeness (QED) is 0.869. The third kappa shape index (κ3) is 3.76. The summed E-state index contributed by atoms with van der Waals surface area (Å²) in [6.07, 6.45) is -4.96. The van der Waals surface area contributed by atoms with Crippen molar-refractivity contribution in [2.45, 2.75) is 31.7 Å². The second-order valence-electron chi connectivity index (χ2n) is 5.70. The Labute approximate surface area is 120 Å². The number of nitrogens with zero attached hydrogens (tertiary/aromatic N) is 2. The lowest BCUT2D eigenvalue weighted by molar-refractivity contribution is -0.137. The molecule has 118 valence electrons. The smallest absolute Gasteiger partial charge is 0.394 e. The number of nitrogen functional groups attached to an aromatic ring is 1. The Morgan fingerprint density at radius 3 is 2.71 bits per heavy atom. The predicted molar refractivity (Wildman–Crippen MR) is 71.9 cm³/mol. The fourth-order valence-corrected chi connectivity index (χ4v) is 2.43. The molecule has 2 heterocycles. The summed E-state index contributed by atoms with van der Waals surface area (Å²) < 4.78 is 44.2. The molecule has 0 aromatic carbocycles. The van der Waals surface area contributed by atoms with E-state index in [4.69, 9.17) is 10.5 Å². The molecule has 1 aliphatic heterocycles. The molecule has 8 heteroatoms. The topological polar surface area (TPSA) is 71.6 Å². The molecule has 0 spiro atoms. The van der Waals surface area contributed by atoms with Gasteiger partial charge in [0.2, 0.25) is 0 Å². The number of ether oxygens (including phenoxy) is 1. The first-order valence-corrected chi connectivity index (χ1v) is 6.49. The van der Waals surface area contributed by atoms with E-state index >= 15 is 0 Å². The minimum absolute atomic E-state index is 0.136. The third-order valence-corrected chi connectivity index (χ3v) is 3.17. The summed E-state index contributed by atoms with van der Waals surface area (Å²) in [6.45, 7) is 4.01. The molecule has 21 heavy (non-hydrogen) atoms. The average molecular weight is 305 g/mol. The minimum Gasteiger partial charge on any atom is -0.394 e. The van der Waals surface area contributed by atoms with Crippen LogP contribution in [0.15, 0.2) is 12.1 Å². The Hall–Kier alpha value is -1.54. The minimum atomic E-state index is -4.48. The second-order valence-corrected chi connectivity index (χ2v) is 5.70. The Morgan fingerprint density at radius 1 is 1.48 bits per heavy atom. The zero-order chi connectivity index (χ0) is 15.8. The molecular formula is C13H18F3N3O2. The number of halogens is 3. The second kappa shape index (κ2) is 5.34. The van der Waals surface area contributed by atoms with Gasteiger partial charge in [0.05, 0.1) is 23.9 Å². The molecule has 1 saturated heterocycles. The Kier molecular flexibility index (Phi) is 4.03. The molecule has 0 saturated carbocycles. The van der Waals surface area contributed by atoms with Crippen molar-refractivity contribution in [3.05, 3.63) is 17.7 Å². The molecule has 3 N–H and O–H groups in total. The van der Waals surface area contributed by atoms with Gasteiger partial charge in [-0.15, -0.1) is 0 Å². The zero-order valence-electron chi connectivity index (χ0n) is 11.8. The van der Waals surface area contributed by atoms with E-state index in [2.05, 4.69) is 4.98 Å². The largest absolute Gasteiger partial charge is 0.416 e. The number of morpholine rings is 1. The van der Waals surface area contributed by atoms with Crippen LogP contribution in [0, 0.1) is 0 Å². The van der Waals surface area contributed by atoms with E-state index in [0.29, 0.717) is 6.54 Å². The van der Waals surface area contributed by atoms with Gasteiger partial charge in [0.25, 0.3) is 0 Å². The van der Waals surface area contributed by atoms with Gasteiger partial charge in [0.15, 0.2) is 0 Å². The standard InChI is InChI=1S/C13H18F3N3O2/c1-12(2)7-19(5-9(6-20)21-12)11-4-8(13(14,15)16)3-10(17)18-11/h3-4,9,20H,5-7H2,1-2H3,(H2,17,18). The molecule has 0 amide bonds. The van der Waals surface area contributed by atoms with Crippen molar-refractivity contribution in [3.8, 4) is 0 Å². The van der Waals surface area contributed by atoms with Crippen LogP contribution in [0.5, 0.6) is 0 Å². The highest BCUT2D eigenvalue weighted by Crippen LogP contribution is 2.33. The molecule has 1 aromatic heterocycles. The fourth-order valence-electron chi connectivity index (χ4n) is 2.43. The lowest BCUT2D eigenvalue weighted by Gasteiger charge is -2.43. The van der Waals surface area contributed by atoms with Crippen molar-refractivity contribution in [2.75, 3.05) is 30.3 Å². The van der Waals surface area contributed by atoms with Gasteiger partial charge in [0.1, 0.15) is 11.6 Å². The highest BCUT2D eigenvalue weighted by molar-refractivity contribution is 5.50. The van der Waals surface area contributed by atoms with Crippen molar-refractivity contribution in [2.24, 2.45) is 0 Å². The van der Waals surface area contributed by atoms with Crippen LogP contribution in [0.3, 0.4) is 0 Å². The molecular weight excluding hydrogens is 287 g/mol. The normalized spacial score (nSPS) is 22.4. The summed E-state index contributed by atoms with van der Waals surface area (Å²) in [4.78, 5) is 5.62. The summed E-state index contributed by atoms with van der Waals surface area (Å²) in [5.74, 6) is -0.0539. The van der Waals surface area contributed by atoms with E-state index in [1.54, 1.807) is 18.7 Å². The first-order chi connectivity index (χ1) is 9.60. The van der Waals surface area contributed by atoms with Crippen LogP contribution in [0.25, 0.3) is 0 Å². The van der Waals surface area contributed by atoms with Gasteiger partial charge in [-0.05, 0) is 26.0 Å². The number of hydrogen-bond acceptors (Lipinski definition) is 5. The molecule has 2 rings (SSSR count). The van der Waals surface area contributed by atoms with Crippen molar-refractivity contribution in [1.82, 2.24) is 4.98 Å². The van der Waals surface area contributed by atoms with Crippen LogP contribution in [0.1, 0.15) is 19.4 Å². The molecule has 1 aliphatic rings. The van der Waals surface area contributed by atoms with Crippen LogP contribution in [0.4, 0.5) is 24.8 Å². The van der Waals surface area contributed by atoms with Gasteiger partial charge in [0, 0.05) is 13.1 Å². The molecule has 0 radical (unpaired) electrons. The summed E-state index contributed by atoms with van der Waals surface area (Å²) in [5.41, 5.74) is 4.04. The lowest BCUT2D eigenvalue weighted by atomic mass is 10.0. The van der Waals surface area contributed by atoms with E-state index in [1.807, 2.05) is 0 Å². The van der Waals surface area contributed by atoms with E-state index in [-0.39, 0.29) is 24.8 Å². The van der Waals surface area contributed by atoms with Crippen LogP contribution >= 0.6 is 0 Å². The maximum Gasteiger partial charge on any atom is 0.416 e. The maximum atomic E-state index is 12.8. The Bertz CT molecular complexity index is 520. The van der Waals surface area contributed by atoms with Gasteiger partial charge in [-0.25, -0.2) is 4.98 Å². The predicted octanol–water partition coefficient (Wildman–Crippen LogP) is 1.66. The van der Waals surface area contributed by atoms with Gasteiger partial charge in [-0.3, -0.25) is 0 Å². The summed E-state index contributed by atoms with van der Waals surface area (Å²) in [6, 6.07) is 1.77. The van der Waals surface area contributed by atoms with Crippen molar-refractivity contribution in [3.63, 3.8) is 0 Å². The van der Waals surface area contributed by atoms with Gasteiger partial charge in [-0.2, -0.15) is 13.2 Å². The number of nitrogens with two attached hydrogens (primary N) is 1. The fraction of sp³-hybridized carbons (Fsp3) is 0.615. The van der Waals surface area contributed by atoms with Crippen LogP contribution < -0.4 is 10.6 Å². The van der Waals surface area contributed by atoms with Gasteiger partial charge < -0.3 is 20.5 Å². The summed E-state index contributed by atoms with van der Waals surface area (Å²) in [7, 11) is 0. The summed E-state index contributed by atoms with van der Waals surface area (Å²) in [5, 5.41) is 9.25. The molecule has 1 unspecified atom stereocenters. The van der Waals surface area contributed by atoms with Crippen molar-refractivity contribution in [1.29, 1.82) is 0 Å². The number of aliphatic hydroxyl groups excluding tert-OH is 1. The molecule has 1 atom stereocenters. The van der Waals surface area contributed by atoms with Crippen molar-refractivity contribution < 1.29 is 23.0 Å². The molecule has 5 nitrogen and oxygen atoms in total. The number of pyridine rings is 1. The average Bonchev–Trinajstić information content (AvgIpc) is 2.35. The maximum absolute atomic E-state index is 12.8. The number of aromatic nitrogens is 1. The van der Waals surface area contributed by atoms with Crippen molar-refractivity contribution >= 4 is 11.6 Å². The molecule has 1 fully saturated rings. The van der Waals surface area contributed by atoms with Crippen LogP contribution in [-0.2, 0) is 10.9 Å². The molecule has 0 aliphatic carbocycles. The van der Waals surface area contributed by atoms with Crippen LogP contribution in [0.2, 0.25) is 0 Å². The Morgan fingerprint density at radius 2 is 2.14 bits per heavy atom. The number of aliphatic hydroxyl groups is 1. The van der Waals surface area contributed by atoms with E-state index < -0.39 is 23.4 Å². The lowest BCUT2D eigenvalue weighted by Crippen LogP contribution is -2.54. The van der Waals surface area contributed by atoms with Gasteiger partial charge >= 0.3 is 6.18 Å². The first kappa shape index (κ1) is 15.8. The monoisotopic (exact) mass is 305 g/mol. The van der Waals surface area contributed by atoms with Gasteiger partial charge in [-0.1, -0.05) is 0 Å². The number of rotatable bonds is 2. The number of alkyl halides is 3. The SMILES string of the molecule is CC1(C)CN(c2cc(C(F)(F)F)cc(N)n2)CC(CO)O1. The Balaban J connectivity index is 2.34. The van der Waals surface area contributed by atoms with E-state index in [0.717, 1.165) is 12.1 Å². The summed E-state index contributed by atoms with van der Waals surface area (Å²) >= 11 is 0. The highest BCUT2D eigenvalue weighted by Gasteiger charge is 2.36. The zero-order valence-corrected chi connectivity index (χ0v) is 11.8. The molecule has 0 bridgehead atoms. The number of anilines is 2. The highest BCUT2D eigenvalue weighted by atomic mass is 19.4. The number of hydrogen-bond donors (Lipinski definition) is 2. The molecule has 1 aromatic rings. The third-order valence-electron chi connectivity index (χ3n) is 3.17.